The third-order valence-corrected chi connectivity index (χ3v) is 6.31. The van der Waals surface area contributed by atoms with Crippen LogP contribution in [0, 0.1) is 6.92 Å². The van der Waals surface area contributed by atoms with Gasteiger partial charge < -0.3 is 19.1 Å². The highest BCUT2D eigenvalue weighted by atomic mass is 16.5. The van der Waals surface area contributed by atoms with Gasteiger partial charge in [-0.3, -0.25) is 14.5 Å². The van der Waals surface area contributed by atoms with Gasteiger partial charge in [-0.05, 0) is 49.4 Å². The third-order valence-electron chi connectivity index (χ3n) is 6.31. The number of hydrogen-bond acceptors (Lipinski definition) is 7. The van der Waals surface area contributed by atoms with Crippen LogP contribution in [-0.2, 0) is 9.59 Å². The van der Waals surface area contributed by atoms with Crippen LogP contribution in [0.2, 0.25) is 0 Å². The summed E-state index contributed by atoms with van der Waals surface area (Å²) in [5, 5.41) is 15.3. The number of aromatic nitrogens is 1. The van der Waals surface area contributed by atoms with Crippen molar-refractivity contribution >= 4 is 23.1 Å². The van der Waals surface area contributed by atoms with E-state index in [1.165, 1.54) is 19.1 Å². The van der Waals surface area contributed by atoms with Crippen molar-refractivity contribution in [2.24, 2.45) is 0 Å². The molecule has 1 aliphatic rings. The van der Waals surface area contributed by atoms with Crippen LogP contribution in [0.4, 0.5) is 5.69 Å². The molecule has 0 bridgehead atoms. The molecule has 0 spiro atoms. The van der Waals surface area contributed by atoms with Gasteiger partial charge in [0.2, 0.25) is 0 Å². The lowest BCUT2D eigenvalue weighted by molar-refractivity contribution is -0.132. The van der Waals surface area contributed by atoms with Crippen molar-refractivity contribution in [1.82, 2.24) is 5.16 Å². The lowest BCUT2D eigenvalue weighted by Crippen LogP contribution is -2.29. The molecule has 0 radical (unpaired) electrons. The van der Waals surface area contributed by atoms with Gasteiger partial charge in [-0.2, -0.15) is 0 Å². The minimum atomic E-state index is -0.918. The maximum atomic E-state index is 13.4. The molecule has 1 amide bonds. The third kappa shape index (κ3) is 4.23. The molecule has 1 unspecified atom stereocenters. The summed E-state index contributed by atoms with van der Waals surface area (Å²) in [5.74, 6) is -0.0691. The van der Waals surface area contributed by atoms with E-state index in [1.54, 1.807) is 79.7 Å². The topological polar surface area (TPSA) is 102 Å². The van der Waals surface area contributed by atoms with Crippen molar-refractivity contribution in [3.8, 4) is 22.8 Å². The van der Waals surface area contributed by atoms with Crippen LogP contribution >= 0.6 is 0 Å². The van der Waals surface area contributed by atoms with E-state index in [9.17, 15) is 14.7 Å². The molecular weight excluding hydrogens is 472 g/mol. The quantitative estimate of drug-likeness (QED) is 0.220. The molecule has 2 heterocycles. The Bertz CT molecular complexity index is 1500. The van der Waals surface area contributed by atoms with Crippen molar-refractivity contribution in [1.29, 1.82) is 0 Å². The van der Waals surface area contributed by atoms with E-state index in [4.69, 9.17) is 14.0 Å². The van der Waals surface area contributed by atoms with Crippen molar-refractivity contribution in [3.63, 3.8) is 0 Å². The van der Waals surface area contributed by atoms with E-state index in [0.717, 1.165) is 5.56 Å². The molecule has 8 heteroatoms. The lowest BCUT2D eigenvalue weighted by atomic mass is 9.94. The Morgan fingerprint density at radius 1 is 0.946 bits per heavy atom. The van der Waals surface area contributed by atoms with Crippen molar-refractivity contribution < 1.29 is 28.7 Å². The summed E-state index contributed by atoms with van der Waals surface area (Å²) in [6.45, 7) is 1.81. The number of Topliss-reactive ketones (excluding diaryl/α,β-unsaturated/α-hetero) is 1. The van der Waals surface area contributed by atoms with Gasteiger partial charge in [-0.1, -0.05) is 35.5 Å². The number of aliphatic hydroxyl groups is 1. The summed E-state index contributed by atoms with van der Waals surface area (Å²) in [6.07, 6.45) is 0. The fourth-order valence-corrected chi connectivity index (χ4v) is 4.49. The summed E-state index contributed by atoms with van der Waals surface area (Å²) in [7, 11) is 3.06. The van der Waals surface area contributed by atoms with Gasteiger partial charge in [0.05, 0.1) is 25.8 Å². The number of para-hydroxylation sites is 1. The van der Waals surface area contributed by atoms with Gasteiger partial charge in [0.15, 0.2) is 0 Å². The lowest BCUT2D eigenvalue weighted by Gasteiger charge is -2.26. The van der Waals surface area contributed by atoms with Gasteiger partial charge in [-0.15, -0.1) is 0 Å². The predicted molar refractivity (Wildman–Crippen MR) is 137 cm³/mol. The highest BCUT2D eigenvalue weighted by molar-refractivity contribution is 6.51. The Hall–Kier alpha value is -4.85. The zero-order valence-corrected chi connectivity index (χ0v) is 20.5. The molecule has 0 saturated carbocycles. The van der Waals surface area contributed by atoms with E-state index in [0.29, 0.717) is 39.8 Å². The number of rotatable bonds is 6. The van der Waals surface area contributed by atoms with E-state index >= 15 is 0 Å². The summed E-state index contributed by atoms with van der Waals surface area (Å²) >= 11 is 0. The molecule has 4 aromatic rings. The van der Waals surface area contributed by atoms with Crippen molar-refractivity contribution in [2.45, 2.75) is 13.0 Å². The second-order valence-electron chi connectivity index (χ2n) is 8.51. The highest BCUT2D eigenvalue weighted by Gasteiger charge is 2.47. The van der Waals surface area contributed by atoms with E-state index in [2.05, 4.69) is 5.16 Å². The Labute approximate surface area is 213 Å². The first-order valence-electron chi connectivity index (χ1n) is 11.5. The molecule has 1 aliphatic heterocycles. The molecule has 1 saturated heterocycles. The van der Waals surface area contributed by atoms with Gasteiger partial charge in [0.1, 0.15) is 28.7 Å². The minimum Gasteiger partial charge on any atom is -0.507 e. The SMILES string of the molecule is COc1ccc(/C(O)=C2/C(=O)C(=O)N(c3ccc(-c4cc(C)on4)cc3)C2c2ccccc2OC)cc1. The Morgan fingerprint density at radius 2 is 1.65 bits per heavy atom. The Kier molecular flexibility index (Phi) is 6.23. The minimum absolute atomic E-state index is 0.0316. The Balaban J connectivity index is 1.66. The van der Waals surface area contributed by atoms with Crippen LogP contribution in [0.5, 0.6) is 11.5 Å². The number of hydrogen-bond donors (Lipinski definition) is 1. The number of methoxy groups -OCH3 is 2. The number of ketones is 1. The maximum Gasteiger partial charge on any atom is 0.300 e. The molecule has 1 N–H and O–H groups in total. The molecule has 1 aromatic heterocycles. The second kappa shape index (κ2) is 9.66. The molecule has 1 atom stereocenters. The van der Waals surface area contributed by atoms with Crippen LogP contribution in [0.15, 0.2) is 89.0 Å². The molecule has 3 aromatic carbocycles. The number of carbonyl (C=O) groups excluding carboxylic acids is 2. The average Bonchev–Trinajstić information content (AvgIpc) is 3.49. The standard InChI is InChI=1S/C29H24N2O6/c1-17-16-23(30-37-17)18-8-12-20(13-9-18)31-26(22-6-4-5-7-24(22)36-3)25(28(33)29(31)34)27(32)19-10-14-21(35-2)15-11-19/h4-16,26,32H,1-3H3/b27-25-. The van der Waals surface area contributed by atoms with Gasteiger partial charge in [-0.25, -0.2) is 0 Å². The number of benzene rings is 3. The normalized spacial score (nSPS) is 16.7. The number of aryl methyl sites for hydroxylation is 1. The first-order valence-corrected chi connectivity index (χ1v) is 11.5. The summed E-state index contributed by atoms with van der Waals surface area (Å²) in [4.78, 5) is 28.2. The van der Waals surface area contributed by atoms with Crippen LogP contribution in [0.1, 0.15) is 22.9 Å². The smallest absolute Gasteiger partial charge is 0.300 e. The number of amides is 1. The fraction of sp³-hybridized carbons (Fsp3) is 0.138. The zero-order valence-electron chi connectivity index (χ0n) is 20.5. The number of ether oxygens (including phenoxy) is 2. The first kappa shape index (κ1) is 23.9. The van der Waals surface area contributed by atoms with Crippen LogP contribution in [0.3, 0.4) is 0 Å². The highest BCUT2D eigenvalue weighted by Crippen LogP contribution is 2.45. The monoisotopic (exact) mass is 496 g/mol. The zero-order chi connectivity index (χ0) is 26.1. The fourth-order valence-electron chi connectivity index (χ4n) is 4.49. The van der Waals surface area contributed by atoms with Gasteiger partial charge >= 0.3 is 0 Å². The van der Waals surface area contributed by atoms with E-state index < -0.39 is 17.7 Å². The summed E-state index contributed by atoms with van der Waals surface area (Å²) < 4.78 is 15.9. The number of aliphatic hydroxyl groups excluding tert-OH is 1. The molecule has 1 fully saturated rings. The van der Waals surface area contributed by atoms with Crippen molar-refractivity contribution in [2.75, 3.05) is 19.1 Å². The first-order chi connectivity index (χ1) is 17.9. The molecule has 8 nitrogen and oxygen atoms in total. The van der Waals surface area contributed by atoms with Crippen LogP contribution in [-0.4, -0.2) is 36.2 Å². The van der Waals surface area contributed by atoms with Crippen LogP contribution < -0.4 is 14.4 Å². The predicted octanol–water partition coefficient (Wildman–Crippen LogP) is 5.29. The number of nitrogens with zero attached hydrogens (tertiary/aromatic N) is 2. The maximum absolute atomic E-state index is 13.4. The molecule has 5 rings (SSSR count). The molecule has 37 heavy (non-hydrogen) atoms. The van der Waals surface area contributed by atoms with Crippen LogP contribution in [0.25, 0.3) is 17.0 Å². The number of anilines is 1. The van der Waals surface area contributed by atoms with Crippen molar-refractivity contribution in [3.05, 3.63) is 101 Å². The largest absolute Gasteiger partial charge is 0.507 e. The van der Waals surface area contributed by atoms with Gasteiger partial charge in [0.25, 0.3) is 11.7 Å². The number of carbonyl (C=O) groups is 2. The second-order valence-corrected chi connectivity index (χ2v) is 8.51. The van der Waals surface area contributed by atoms with E-state index in [-0.39, 0.29) is 11.3 Å². The van der Waals surface area contributed by atoms with Gasteiger partial charge in [0, 0.05) is 28.4 Å². The molecule has 186 valence electrons. The summed E-state index contributed by atoms with van der Waals surface area (Å²) in [5.41, 5.74) is 2.86. The Morgan fingerprint density at radius 3 is 2.27 bits per heavy atom. The summed E-state index contributed by atoms with van der Waals surface area (Å²) in [6, 6.07) is 21.7. The average molecular weight is 497 g/mol. The molecular formula is C29H24N2O6. The van der Waals surface area contributed by atoms with E-state index in [1.807, 2.05) is 6.07 Å². The molecule has 0 aliphatic carbocycles.